The number of primary amides is 1. The Balaban J connectivity index is 2.16. The van der Waals surface area contributed by atoms with Crippen LogP contribution in [0.4, 0.5) is 0 Å². The number of rotatable bonds is 4. The van der Waals surface area contributed by atoms with Crippen LogP contribution in [0.5, 0.6) is 0 Å². The molecular weight excluding hydrogens is 294 g/mol. The highest BCUT2D eigenvalue weighted by atomic mass is 16.2. The Morgan fingerprint density at radius 1 is 1.26 bits per heavy atom. The van der Waals surface area contributed by atoms with E-state index in [1.165, 1.54) is 6.07 Å². The molecule has 1 saturated heterocycles. The fraction of sp³-hybridized carbons (Fsp3) is 0.471. The zero-order valence-electron chi connectivity index (χ0n) is 13.8. The van der Waals surface area contributed by atoms with Crippen molar-refractivity contribution in [1.82, 2.24) is 9.80 Å². The summed E-state index contributed by atoms with van der Waals surface area (Å²) in [6, 6.07) is 5.78. The smallest absolute Gasteiger partial charge is 0.254 e. The Bertz CT molecular complexity index is 627. The van der Waals surface area contributed by atoms with Gasteiger partial charge in [0, 0.05) is 30.8 Å². The van der Waals surface area contributed by atoms with Gasteiger partial charge in [-0.3, -0.25) is 14.4 Å². The molecule has 1 aromatic carbocycles. The minimum absolute atomic E-state index is 0.0376. The van der Waals surface area contributed by atoms with Gasteiger partial charge < -0.3 is 15.5 Å². The van der Waals surface area contributed by atoms with Crippen LogP contribution in [-0.4, -0.2) is 53.2 Å². The number of amides is 3. The van der Waals surface area contributed by atoms with Crippen LogP contribution in [0.1, 0.15) is 41.5 Å². The Kier molecular flexibility index (Phi) is 5.03. The van der Waals surface area contributed by atoms with Gasteiger partial charge in [0.05, 0.1) is 0 Å². The lowest BCUT2D eigenvalue weighted by atomic mass is 10.1. The van der Waals surface area contributed by atoms with Crippen LogP contribution in [0, 0.1) is 5.92 Å². The van der Waals surface area contributed by atoms with Crippen molar-refractivity contribution < 1.29 is 14.4 Å². The number of piperazine rings is 1. The molecule has 0 aliphatic carbocycles. The summed E-state index contributed by atoms with van der Waals surface area (Å²) in [5, 5.41) is 0. The van der Waals surface area contributed by atoms with E-state index < -0.39 is 11.9 Å². The fourth-order valence-electron chi connectivity index (χ4n) is 2.80. The maximum absolute atomic E-state index is 12.7. The molecule has 1 aliphatic heterocycles. The number of benzene rings is 1. The third-order valence-corrected chi connectivity index (χ3v) is 3.99. The van der Waals surface area contributed by atoms with Crippen LogP contribution < -0.4 is 5.73 Å². The fourth-order valence-corrected chi connectivity index (χ4v) is 2.80. The largest absolute Gasteiger partial charge is 0.366 e. The van der Waals surface area contributed by atoms with Gasteiger partial charge in [-0.05, 0) is 31.0 Å². The lowest BCUT2D eigenvalue weighted by molar-refractivity contribution is -0.140. The van der Waals surface area contributed by atoms with Crippen LogP contribution in [0.15, 0.2) is 24.3 Å². The molecular formula is C17H23N3O3. The van der Waals surface area contributed by atoms with Gasteiger partial charge in [0.15, 0.2) is 0 Å². The zero-order valence-corrected chi connectivity index (χ0v) is 13.8. The Morgan fingerprint density at radius 3 is 2.52 bits per heavy atom. The summed E-state index contributed by atoms with van der Waals surface area (Å²) >= 11 is 0. The van der Waals surface area contributed by atoms with Crippen molar-refractivity contribution in [1.29, 1.82) is 0 Å². The van der Waals surface area contributed by atoms with Crippen molar-refractivity contribution >= 4 is 17.7 Å². The van der Waals surface area contributed by atoms with Crippen molar-refractivity contribution in [3.63, 3.8) is 0 Å². The highest BCUT2D eigenvalue weighted by Gasteiger charge is 2.34. The molecule has 0 radical (unpaired) electrons. The van der Waals surface area contributed by atoms with E-state index in [1.54, 1.807) is 34.9 Å². The molecule has 0 bridgehead atoms. The maximum atomic E-state index is 12.7. The standard InChI is InChI=1S/C17H23N3O3/c1-11(2)10-19-7-8-20(12(3)16(19)22)17(23)14-6-4-5-13(9-14)15(18)21/h4-6,9,11-12H,7-8,10H2,1-3H3,(H2,18,21). The van der Waals surface area contributed by atoms with Crippen molar-refractivity contribution in [3.8, 4) is 0 Å². The lowest BCUT2D eigenvalue weighted by Gasteiger charge is -2.39. The normalized spacial score (nSPS) is 18.4. The number of nitrogens with zero attached hydrogens (tertiary/aromatic N) is 2. The predicted molar refractivity (Wildman–Crippen MR) is 86.9 cm³/mol. The highest BCUT2D eigenvalue weighted by Crippen LogP contribution is 2.17. The minimum atomic E-state index is -0.578. The van der Waals surface area contributed by atoms with Crippen LogP contribution >= 0.6 is 0 Å². The van der Waals surface area contributed by atoms with Gasteiger partial charge >= 0.3 is 0 Å². The van der Waals surface area contributed by atoms with E-state index in [0.29, 0.717) is 31.1 Å². The molecule has 0 saturated carbocycles. The van der Waals surface area contributed by atoms with Gasteiger partial charge in [0.2, 0.25) is 11.8 Å². The topological polar surface area (TPSA) is 83.7 Å². The summed E-state index contributed by atoms with van der Waals surface area (Å²) in [6.07, 6.45) is 0. The SMILES string of the molecule is CC(C)CN1CCN(C(=O)c2cccc(C(N)=O)c2)C(C)C1=O. The molecule has 2 N–H and O–H groups in total. The van der Waals surface area contributed by atoms with Crippen LogP contribution in [-0.2, 0) is 4.79 Å². The monoisotopic (exact) mass is 317 g/mol. The molecule has 3 amide bonds. The zero-order chi connectivity index (χ0) is 17.1. The van der Waals surface area contributed by atoms with E-state index in [2.05, 4.69) is 13.8 Å². The molecule has 0 aromatic heterocycles. The first-order valence-corrected chi connectivity index (χ1v) is 7.81. The summed E-state index contributed by atoms with van der Waals surface area (Å²) in [5.74, 6) is -0.478. The first kappa shape index (κ1) is 17.0. The second-order valence-corrected chi connectivity index (χ2v) is 6.30. The molecule has 1 aliphatic rings. The third-order valence-electron chi connectivity index (χ3n) is 3.99. The van der Waals surface area contributed by atoms with E-state index in [4.69, 9.17) is 5.73 Å². The average Bonchev–Trinajstić information content (AvgIpc) is 2.51. The number of hydrogen-bond donors (Lipinski definition) is 1. The van der Waals surface area contributed by atoms with Crippen LogP contribution in [0.25, 0.3) is 0 Å². The van der Waals surface area contributed by atoms with Crippen molar-refractivity contribution in [2.75, 3.05) is 19.6 Å². The molecule has 1 aromatic rings. The second kappa shape index (κ2) is 6.81. The van der Waals surface area contributed by atoms with Gasteiger partial charge in [0.1, 0.15) is 6.04 Å². The molecule has 0 spiro atoms. The molecule has 6 nitrogen and oxygen atoms in total. The van der Waals surface area contributed by atoms with E-state index >= 15 is 0 Å². The number of nitrogens with two attached hydrogens (primary N) is 1. The first-order chi connectivity index (χ1) is 10.8. The van der Waals surface area contributed by atoms with Gasteiger partial charge in [-0.15, -0.1) is 0 Å². The summed E-state index contributed by atoms with van der Waals surface area (Å²) in [4.78, 5) is 39.7. The summed E-state index contributed by atoms with van der Waals surface area (Å²) < 4.78 is 0. The molecule has 1 fully saturated rings. The molecule has 2 rings (SSSR count). The number of carbonyl (C=O) groups is 3. The van der Waals surface area contributed by atoms with Gasteiger partial charge in [-0.2, -0.15) is 0 Å². The van der Waals surface area contributed by atoms with Gasteiger partial charge in [-0.25, -0.2) is 0 Å². The van der Waals surface area contributed by atoms with Crippen LogP contribution in [0.3, 0.4) is 0 Å². The molecule has 23 heavy (non-hydrogen) atoms. The average molecular weight is 317 g/mol. The van der Waals surface area contributed by atoms with Gasteiger partial charge in [-0.1, -0.05) is 19.9 Å². The summed E-state index contributed by atoms with van der Waals surface area (Å²) in [5.41, 5.74) is 5.91. The summed E-state index contributed by atoms with van der Waals surface area (Å²) in [7, 11) is 0. The highest BCUT2D eigenvalue weighted by molar-refractivity contribution is 6.01. The molecule has 6 heteroatoms. The molecule has 1 heterocycles. The van der Waals surface area contributed by atoms with Crippen molar-refractivity contribution in [3.05, 3.63) is 35.4 Å². The Hall–Kier alpha value is -2.37. The first-order valence-electron chi connectivity index (χ1n) is 7.81. The van der Waals surface area contributed by atoms with Crippen LogP contribution in [0.2, 0.25) is 0 Å². The van der Waals surface area contributed by atoms with Crippen molar-refractivity contribution in [2.45, 2.75) is 26.8 Å². The van der Waals surface area contributed by atoms with E-state index in [9.17, 15) is 14.4 Å². The van der Waals surface area contributed by atoms with Crippen molar-refractivity contribution in [2.24, 2.45) is 11.7 Å². The Labute approximate surface area is 136 Å². The second-order valence-electron chi connectivity index (χ2n) is 6.30. The number of carbonyl (C=O) groups excluding carboxylic acids is 3. The minimum Gasteiger partial charge on any atom is -0.366 e. The molecule has 1 atom stereocenters. The molecule has 1 unspecified atom stereocenters. The summed E-state index contributed by atoms with van der Waals surface area (Å²) in [6.45, 7) is 7.57. The van der Waals surface area contributed by atoms with Gasteiger partial charge in [0.25, 0.3) is 5.91 Å². The van der Waals surface area contributed by atoms with E-state index in [0.717, 1.165) is 0 Å². The maximum Gasteiger partial charge on any atom is 0.254 e. The Morgan fingerprint density at radius 2 is 1.91 bits per heavy atom. The lowest BCUT2D eigenvalue weighted by Crippen LogP contribution is -2.58. The number of hydrogen-bond acceptors (Lipinski definition) is 3. The quantitative estimate of drug-likeness (QED) is 0.903. The van der Waals surface area contributed by atoms with E-state index in [-0.39, 0.29) is 17.4 Å². The molecule has 124 valence electrons. The third kappa shape index (κ3) is 3.70. The van der Waals surface area contributed by atoms with E-state index in [1.807, 2.05) is 0 Å². The predicted octanol–water partition coefficient (Wildman–Crippen LogP) is 1.11.